The van der Waals surface area contributed by atoms with Crippen LogP contribution < -0.4 is 20.7 Å². The van der Waals surface area contributed by atoms with Gasteiger partial charge < -0.3 is 25.7 Å². The maximum atomic E-state index is 13.0. The summed E-state index contributed by atoms with van der Waals surface area (Å²) >= 11 is 0. The van der Waals surface area contributed by atoms with E-state index in [1.54, 1.807) is 13.2 Å². The molecule has 9 nitrogen and oxygen atoms in total. The first-order valence-corrected chi connectivity index (χ1v) is 11.4. The molecule has 1 aliphatic heterocycles. The predicted octanol–water partition coefficient (Wildman–Crippen LogP) is 2.00. The second-order valence-corrected chi connectivity index (χ2v) is 8.87. The van der Waals surface area contributed by atoms with Crippen LogP contribution >= 0.6 is 0 Å². The first kappa shape index (κ1) is 22.6. The van der Waals surface area contributed by atoms with Gasteiger partial charge in [0.05, 0.1) is 13.2 Å². The molecule has 1 aromatic carbocycles. The van der Waals surface area contributed by atoms with Crippen molar-refractivity contribution in [2.45, 2.75) is 50.6 Å². The lowest BCUT2D eigenvalue weighted by Crippen LogP contribution is -2.50. The van der Waals surface area contributed by atoms with Gasteiger partial charge in [0.25, 0.3) is 5.91 Å². The molecular formula is C24H29N5O4. The highest BCUT2D eigenvalue weighted by atomic mass is 16.5. The van der Waals surface area contributed by atoms with E-state index in [0.717, 1.165) is 30.2 Å². The van der Waals surface area contributed by atoms with Gasteiger partial charge in [-0.25, -0.2) is 0 Å². The Morgan fingerprint density at radius 3 is 2.76 bits per heavy atom. The Hall–Kier alpha value is -3.54. The van der Waals surface area contributed by atoms with E-state index >= 15 is 0 Å². The Kier molecular flexibility index (Phi) is 6.82. The highest BCUT2D eigenvalue weighted by Crippen LogP contribution is 2.34. The fourth-order valence-corrected chi connectivity index (χ4v) is 4.34. The SMILES string of the molecule is COc1cccc2[nH]c(C(=O)NC(CC3CC3)C(=O)N[C@@H](C#N)C[C@@H]3CCCNC3=O)cc12. The summed E-state index contributed by atoms with van der Waals surface area (Å²) in [6, 6.07) is 7.75. The van der Waals surface area contributed by atoms with Gasteiger partial charge in [-0.1, -0.05) is 18.9 Å². The summed E-state index contributed by atoms with van der Waals surface area (Å²) in [5, 5.41) is 18.7. The summed E-state index contributed by atoms with van der Waals surface area (Å²) in [6.45, 7) is 0.647. The topological polar surface area (TPSA) is 136 Å². The number of nitrogens with zero attached hydrogens (tertiary/aromatic N) is 1. The normalized spacial score (nSPS) is 19.8. The van der Waals surface area contributed by atoms with Crippen molar-refractivity contribution in [3.05, 3.63) is 30.0 Å². The number of aromatic amines is 1. The number of methoxy groups -OCH3 is 1. The van der Waals surface area contributed by atoms with Crippen LogP contribution in [-0.4, -0.2) is 48.4 Å². The molecule has 1 saturated heterocycles. The number of amides is 3. The minimum atomic E-state index is -0.790. The molecule has 2 fully saturated rings. The zero-order chi connectivity index (χ0) is 23.4. The molecule has 174 valence electrons. The monoisotopic (exact) mass is 451 g/mol. The number of carbonyl (C=O) groups is 3. The molecule has 3 atom stereocenters. The van der Waals surface area contributed by atoms with E-state index in [9.17, 15) is 19.6 Å². The third kappa shape index (κ3) is 5.45. The highest BCUT2D eigenvalue weighted by Gasteiger charge is 2.33. The molecule has 2 heterocycles. The largest absolute Gasteiger partial charge is 0.496 e. The lowest BCUT2D eigenvalue weighted by molar-refractivity contribution is -0.128. The lowest BCUT2D eigenvalue weighted by atomic mass is 9.92. The fraction of sp³-hybridized carbons (Fsp3) is 0.500. The lowest BCUT2D eigenvalue weighted by Gasteiger charge is -2.25. The number of nitrogens with one attached hydrogen (secondary N) is 4. The van der Waals surface area contributed by atoms with Gasteiger partial charge in [-0.3, -0.25) is 14.4 Å². The molecule has 1 saturated carbocycles. The van der Waals surface area contributed by atoms with Crippen LogP contribution in [0.1, 0.15) is 49.0 Å². The van der Waals surface area contributed by atoms with Crippen molar-refractivity contribution in [1.29, 1.82) is 5.26 Å². The van der Waals surface area contributed by atoms with Crippen LogP contribution in [0.5, 0.6) is 5.75 Å². The number of fused-ring (bicyclic) bond motifs is 1. The zero-order valence-corrected chi connectivity index (χ0v) is 18.6. The number of nitriles is 1. The summed E-state index contributed by atoms with van der Waals surface area (Å²) in [6.07, 6.45) is 4.38. The standard InChI is InChI=1S/C24H29N5O4/c1-33-21-6-2-5-18-17(21)12-20(28-18)24(32)29-19(10-14-7-8-14)23(31)27-16(13-25)11-15-4-3-9-26-22(15)30/h2,5-6,12,14-16,19,28H,3-4,7-11H2,1H3,(H,26,30)(H,27,31)(H,29,32)/t15-,16+,19?/m0/s1. The Morgan fingerprint density at radius 2 is 2.06 bits per heavy atom. The van der Waals surface area contributed by atoms with Gasteiger partial charge >= 0.3 is 0 Å². The van der Waals surface area contributed by atoms with E-state index in [4.69, 9.17) is 4.74 Å². The minimum absolute atomic E-state index is 0.0761. The smallest absolute Gasteiger partial charge is 0.268 e. The van der Waals surface area contributed by atoms with E-state index in [-0.39, 0.29) is 18.2 Å². The van der Waals surface area contributed by atoms with Crippen LogP contribution in [0.15, 0.2) is 24.3 Å². The van der Waals surface area contributed by atoms with Crippen molar-refractivity contribution in [2.24, 2.45) is 11.8 Å². The molecular weight excluding hydrogens is 422 g/mol. The van der Waals surface area contributed by atoms with Crippen LogP contribution in [0.4, 0.5) is 0 Å². The van der Waals surface area contributed by atoms with Crippen LogP contribution in [0.3, 0.4) is 0 Å². The van der Waals surface area contributed by atoms with Crippen molar-refractivity contribution < 1.29 is 19.1 Å². The number of aromatic nitrogens is 1. The zero-order valence-electron chi connectivity index (χ0n) is 18.6. The summed E-state index contributed by atoms with van der Waals surface area (Å²) in [7, 11) is 1.57. The van der Waals surface area contributed by atoms with Crippen molar-refractivity contribution in [3.8, 4) is 11.8 Å². The second kappa shape index (κ2) is 9.94. The highest BCUT2D eigenvalue weighted by molar-refractivity contribution is 6.01. The first-order valence-electron chi connectivity index (χ1n) is 11.4. The number of hydrogen-bond donors (Lipinski definition) is 4. The molecule has 0 radical (unpaired) electrons. The Morgan fingerprint density at radius 1 is 1.24 bits per heavy atom. The number of benzene rings is 1. The molecule has 1 unspecified atom stereocenters. The Labute approximate surface area is 192 Å². The number of ether oxygens (including phenoxy) is 1. The van der Waals surface area contributed by atoms with E-state index in [0.29, 0.717) is 36.7 Å². The molecule has 2 aromatic rings. The molecule has 0 bridgehead atoms. The molecule has 4 rings (SSSR count). The van der Waals surface area contributed by atoms with E-state index < -0.39 is 23.9 Å². The number of H-pyrrole nitrogens is 1. The number of hydrogen-bond acceptors (Lipinski definition) is 5. The van der Waals surface area contributed by atoms with Gasteiger partial charge in [-0.15, -0.1) is 0 Å². The maximum absolute atomic E-state index is 13.0. The van der Waals surface area contributed by atoms with Crippen molar-refractivity contribution in [2.75, 3.05) is 13.7 Å². The van der Waals surface area contributed by atoms with Gasteiger partial charge in [-0.05, 0) is 49.8 Å². The van der Waals surface area contributed by atoms with Crippen LogP contribution in [0.25, 0.3) is 10.9 Å². The minimum Gasteiger partial charge on any atom is -0.496 e. The van der Waals surface area contributed by atoms with Crippen LogP contribution in [0.2, 0.25) is 0 Å². The molecule has 1 aromatic heterocycles. The fourth-order valence-electron chi connectivity index (χ4n) is 4.34. The van der Waals surface area contributed by atoms with Gasteiger partial charge in [0.2, 0.25) is 11.8 Å². The summed E-state index contributed by atoms with van der Waals surface area (Å²) in [5.41, 5.74) is 1.09. The van der Waals surface area contributed by atoms with E-state index in [2.05, 4.69) is 27.0 Å². The summed E-state index contributed by atoms with van der Waals surface area (Å²) in [4.78, 5) is 41.1. The Balaban J connectivity index is 1.43. The third-order valence-corrected chi connectivity index (χ3v) is 6.37. The average molecular weight is 452 g/mol. The number of piperidine rings is 1. The average Bonchev–Trinajstić information content (AvgIpc) is 3.53. The Bertz CT molecular complexity index is 1080. The number of rotatable bonds is 9. The predicted molar refractivity (Wildman–Crippen MR) is 121 cm³/mol. The second-order valence-electron chi connectivity index (χ2n) is 8.87. The van der Waals surface area contributed by atoms with Crippen LogP contribution in [-0.2, 0) is 9.59 Å². The van der Waals surface area contributed by atoms with Gasteiger partial charge in [0, 0.05) is 23.4 Å². The molecule has 1 aliphatic carbocycles. The van der Waals surface area contributed by atoms with Crippen molar-refractivity contribution in [1.82, 2.24) is 20.9 Å². The summed E-state index contributed by atoms with van der Waals surface area (Å²) < 4.78 is 5.35. The van der Waals surface area contributed by atoms with Gasteiger partial charge in [-0.2, -0.15) is 5.26 Å². The third-order valence-electron chi connectivity index (χ3n) is 6.37. The molecule has 3 amide bonds. The summed E-state index contributed by atoms with van der Waals surface area (Å²) in [5.74, 6) is -0.123. The molecule has 4 N–H and O–H groups in total. The van der Waals surface area contributed by atoms with Crippen molar-refractivity contribution in [3.63, 3.8) is 0 Å². The van der Waals surface area contributed by atoms with Gasteiger partial charge in [0.15, 0.2) is 0 Å². The number of carbonyl (C=O) groups excluding carboxylic acids is 3. The molecule has 0 spiro atoms. The van der Waals surface area contributed by atoms with Crippen molar-refractivity contribution >= 4 is 28.6 Å². The molecule has 9 heteroatoms. The van der Waals surface area contributed by atoms with E-state index in [1.807, 2.05) is 18.2 Å². The van der Waals surface area contributed by atoms with Gasteiger partial charge in [0.1, 0.15) is 23.5 Å². The quantitative estimate of drug-likeness (QED) is 0.462. The molecule has 33 heavy (non-hydrogen) atoms. The first-order chi connectivity index (χ1) is 16.0. The van der Waals surface area contributed by atoms with E-state index in [1.165, 1.54) is 0 Å². The molecule has 2 aliphatic rings. The maximum Gasteiger partial charge on any atom is 0.268 e. The van der Waals surface area contributed by atoms with Crippen LogP contribution in [0, 0.1) is 23.2 Å².